The van der Waals surface area contributed by atoms with E-state index >= 15 is 0 Å². The fourth-order valence-electron chi connectivity index (χ4n) is 2.17. The number of hydrogen-bond donors (Lipinski definition) is 1. The van der Waals surface area contributed by atoms with Crippen molar-refractivity contribution >= 4 is 31.7 Å². The molecule has 0 saturated heterocycles. The smallest absolute Gasteiger partial charge is 0.265 e. The third-order valence-corrected chi connectivity index (χ3v) is 5.16. The first-order valence-electron chi connectivity index (χ1n) is 7.37. The zero-order valence-corrected chi connectivity index (χ0v) is 15.4. The molecule has 0 aliphatic heterocycles. The maximum atomic E-state index is 12.5. The molecule has 0 spiro atoms. The number of halogens is 1. The number of aromatic nitrogens is 1. The second kappa shape index (κ2) is 7.58. The molecule has 0 aliphatic carbocycles. The number of pyridine rings is 1. The van der Waals surface area contributed by atoms with E-state index in [-0.39, 0.29) is 4.90 Å². The summed E-state index contributed by atoms with van der Waals surface area (Å²) in [5.41, 5.74) is 2.08. The molecule has 5 nitrogen and oxygen atoms in total. The SMILES string of the molecule is O=S(=O)(NN=C(c1ccccc1)c1ccncc1)c1ccc(Br)cc1. The first-order chi connectivity index (χ1) is 12.1. The van der Waals surface area contributed by atoms with E-state index in [4.69, 9.17) is 0 Å². The second-order valence-electron chi connectivity index (χ2n) is 5.11. The number of sulfonamides is 1. The van der Waals surface area contributed by atoms with Crippen LogP contribution in [0.2, 0.25) is 0 Å². The van der Waals surface area contributed by atoms with Gasteiger partial charge in [0.05, 0.1) is 10.6 Å². The molecular formula is C18H14BrN3O2S. The summed E-state index contributed by atoms with van der Waals surface area (Å²) < 4.78 is 25.7. The molecule has 3 rings (SSSR count). The average Bonchev–Trinajstić information content (AvgIpc) is 2.64. The molecule has 1 N–H and O–H groups in total. The van der Waals surface area contributed by atoms with Crippen LogP contribution in [0.3, 0.4) is 0 Å². The number of rotatable bonds is 5. The molecule has 0 aliphatic rings. The molecule has 0 radical (unpaired) electrons. The highest BCUT2D eigenvalue weighted by Gasteiger charge is 2.14. The maximum Gasteiger partial charge on any atom is 0.276 e. The highest BCUT2D eigenvalue weighted by Crippen LogP contribution is 2.15. The largest absolute Gasteiger partial charge is 0.276 e. The zero-order chi connectivity index (χ0) is 17.7. The van der Waals surface area contributed by atoms with Gasteiger partial charge in [-0.3, -0.25) is 4.98 Å². The lowest BCUT2D eigenvalue weighted by molar-refractivity contribution is 0.584. The first kappa shape index (κ1) is 17.3. The van der Waals surface area contributed by atoms with E-state index in [0.717, 1.165) is 15.6 Å². The summed E-state index contributed by atoms with van der Waals surface area (Å²) in [5, 5.41) is 4.17. The Morgan fingerprint density at radius 2 is 1.48 bits per heavy atom. The lowest BCUT2D eigenvalue weighted by atomic mass is 10.0. The summed E-state index contributed by atoms with van der Waals surface area (Å²) in [6, 6.07) is 19.3. The Bertz CT molecular complexity index is 932. The third-order valence-electron chi connectivity index (χ3n) is 3.40. The summed E-state index contributed by atoms with van der Waals surface area (Å²) in [4.78, 5) is 6.44. The van der Waals surface area contributed by atoms with Crippen molar-refractivity contribution in [2.75, 3.05) is 0 Å². The van der Waals surface area contributed by atoms with Crippen LogP contribution in [-0.2, 0) is 10.0 Å². The molecule has 0 bridgehead atoms. The van der Waals surface area contributed by atoms with Crippen molar-refractivity contribution in [3.8, 4) is 0 Å². The molecule has 0 amide bonds. The number of nitrogens with zero attached hydrogens (tertiary/aromatic N) is 2. The van der Waals surface area contributed by atoms with Gasteiger partial charge in [0, 0.05) is 28.0 Å². The highest BCUT2D eigenvalue weighted by atomic mass is 79.9. The van der Waals surface area contributed by atoms with Gasteiger partial charge >= 0.3 is 0 Å². The predicted octanol–water partition coefficient (Wildman–Crippen LogP) is 3.58. The predicted molar refractivity (Wildman–Crippen MR) is 101 cm³/mol. The Labute approximate surface area is 154 Å². The van der Waals surface area contributed by atoms with E-state index in [1.165, 1.54) is 12.1 Å². The average molecular weight is 416 g/mol. The van der Waals surface area contributed by atoms with Crippen molar-refractivity contribution in [1.29, 1.82) is 0 Å². The van der Waals surface area contributed by atoms with Crippen LogP contribution in [0.15, 0.2) is 93.6 Å². The summed E-state index contributed by atoms with van der Waals surface area (Å²) >= 11 is 3.29. The molecule has 0 saturated carbocycles. The molecule has 3 aromatic rings. The van der Waals surface area contributed by atoms with Gasteiger partial charge in [0.2, 0.25) is 0 Å². The van der Waals surface area contributed by atoms with Crippen molar-refractivity contribution in [3.63, 3.8) is 0 Å². The van der Waals surface area contributed by atoms with Gasteiger partial charge in [-0.2, -0.15) is 18.4 Å². The lowest BCUT2D eigenvalue weighted by Crippen LogP contribution is -2.21. The Kier molecular flexibility index (Phi) is 5.25. The summed E-state index contributed by atoms with van der Waals surface area (Å²) in [7, 11) is -3.76. The molecule has 1 aromatic heterocycles. The van der Waals surface area contributed by atoms with Gasteiger partial charge in [-0.25, -0.2) is 0 Å². The molecular weight excluding hydrogens is 402 g/mol. The van der Waals surface area contributed by atoms with Crippen molar-refractivity contribution in [3.05, 3.63) is 94.7 Å². The number of benzene rings is 2. The Balaban J connectivity index is 1.98. The van der Waals surface area contributed by atoms with Gasteiger partial charge in [-0.15, -0.1) is 0 Å². The van der Waals surface area contributed by atoms with Crippen molar-refractivity contribution < 1.29 is 8.42 Å². The summed E-state index contributed by atoms with van der Waals surface area (Å²) in [6.07, 6.45) is 3.27. The zero-order valence-electron chi connectivity index (χ0n) is 13.0. The maximum absolute atomic E-state index is 12.5. The van der Waals surface area contributed by atoms with Gasteiger partial charge in [-0.05, 0) is 36.4 Å². The van der Waals surface area contributed by atoms with E-state index in [1.54, 1.807) is 36.7 Å². The number of hydrogen-bond acceptors (Lipinski definition) is 4. The quantitative estimate of drug-likeness (QED) is 0.511. The van der Waals surface area contributed by atoms with E-state index in [0.29, 0.717) is 5.71 Å². The minimum atomic E-state index is -3.76. The normalized spacial score (nSPS) is 12.0. The van der Waals surface area contributed by atoms with Crippen LogP contribution in [-0.4, -0.2) is 19.1 Å². The number of nitrogens with one attached hydrogen (secondary N) is 1. The third kappa shape index (κ3) is 4.32. The van der Waals surface area contributed by atoms with Crippen molar-refractivity contribution in [1.82, 2.24) is 9.82 Å². The van der Waals surface area contributed by atoms with Crippen LogP contribution in [0.5, 0.6) is 0 Å². The molecule has 0 atom stereocenters. The van der Waals surface area contributed by atoms with E-state index in [2.05, 4.69) is 30.8 Å². The van der Waals surface area contributed by atoms with E-state index in [1.807, 2.05) is 30.3 Å². The second-order valence-corrected chi connectivity index (χ2v) is 7.69. The summed E-state index contributed by atoms with van der Waals surface area (Å²) in [5.74, 6) is 0. The number of hydrazone groups is 1. The van der Waals surface area contributed by atoms with Crippen LogP contribution in [0.25, 0.3) is 0 Å². The fraction of sp³-hybridized carbons (Fsp3) is 0. The minimum Gasteiger partial charge on any atom is -0.265 e. The minimum absolute atomic E-state index is 0.140. The van der Waals surface area contributed by atoms with Crippen LogP contribution in [0, 0.1) is 0 Å². The van der Waals surface area contributed by atoms with Crippen LogP contribution < -0.4 is 4.83 Å². The Morgan fingerprint density at radius 3 is 2.12 bits per heavy atom. The van der Waals surface area contributed by atoms with Gasteiger partial charge in [0.1, 0.15) is 0 Å². The van der Waals surface area contributed by atoms with Crippen LogP contribution in [0.1, 0.15) is 11.1 Å². The van der Waals surface area contributed by atoms with Crippen molar-refractivity contribution in [2.24, 2.45) is 5.10 Å². The fourth-order valence-corrected chi connectivity index (χ4v) is 3.25. The van der Waals surface area contributed by atoms with Gasteiger partial charge in [0.25, 0.3) is 10.0 Å². The van der Waals surface area contributed by atoms with E-state index in [9.17, 15) is 8.42 Å². The molecule has 0 fully saturated rings. The highest BCUT2D eigenvalue weighted by molar-refractivity contribution is 9.10. The molecule has 2 aromatic carbocycles. The van der Waals surface area contributed by atoms with Crippen molar-refractivity contribution in [2.45, 2.75) is 4.90 Å². The van der Waals surface area contributed by atoms with Crippen LogP contribution in [0.4, 0.5) is 0 Å². The summed E-state index contributed by atoms with van der Waals surface area (Å²) in [6.45, 7) is 0. The van der Waals surface area contributed by atoms with Gasteiger partial charge in [0.15, 0.2) is 0 Å². The lowest BCUT2D eigenvalue weighted by Gasteiger charge is -2.09. The van der Waals surface area contributed by atoms with Gasteiger partial charge < -0.3 is 0 Å². The molecule has 0 unspecified atom stereocenters. The Hall–Kier alpha value is -2.51. The first-order valence-corrected chi connectivity index (χ1v) is 9.65. The molecule has 25 heavy (non-hydrogen) atoms. The van der Waals surface area contributed by atoms with E-state index < -0.39 is 10.0 Å². The molecule has 126 valence electrons. The topological polar surface area (TPSA) is 71.4 Å². The van der Waals surface area contributed by atoms with Crippen LogP contribution >= 0.6 is 15.9 Å². The monoisotopic (exact) mass is 415 g/mol. The molecule has 7 heteroatoms. The standard InChI is InChI=1S/C18H14BrN3O2S/c19-16-6-8-17(9-7-16)25(23,24)22-21-18(14-4-2-1-3-5-14)15-10-12-20-13-11-15/h1-13,22H. The molecule has 1 heterocycles. The Morgan fingerprint density at radius 1 is 0.880 bits per heavy atom. The van der Waals surface area contributed by atoms with Gasteiger partial charge in [-0.1, -0.05) is 46.3 Å².